The molecule has 0 radical (unpaired) electrons. The molecule has 0 saturated carbocycles. The molecule has 2 nitrogen and oxygen atoms in total. The monoisotopic (exact) mass is 284 g/mol. The number of benzene rings is 1. The van der Waals surface area contributed by atoms with Crippen molar-refractivity contribution in [3.63, 3.8) is 0 Å². The van der Waals surface area contributed by atoms with E-state index in [1.165, 1.54) is 28.1 Å². The van der Waals surface area contributed by atoms with Crippen molar-refractivity contribution in [1.29, 1.82) is 0 Å². The van der Waals surface area contributed by atoms with Gasteiger partial charge < -0.3 is 9.88 Å². The van der Waals surface area contributed by atoms with Crippen LogP contribution in [0.2, 0.25) is 0 Å². The summed E-state index contributed by atoms with van der Waals surface area (Å²) in [6, 6.07) is 11.1. The van der Waals surface area contributed by atoms with Crippen LogP contribution < -0.4 is 5.32 Å². The van der Waals surface area contributed by atoms with Crippen molar-refractivity contribution in [2.75, 3.05) is 0 Å². The van der Waals surface area contributed by atoms with E-state index in [4.69, 9.17) is 0 Å². The molecule has 0 aliphatic carbocycles. The van der Waals surface area contributed by atoms with Gasteiger partial charge >= 0.3 is 0 Å². The second kappa shape index (κ2) is 6.95. The van der Waals surface area contributed by atoms with E-state index in [9.17, 15) is 0 Å². The Morgan fingerprint density at radius 3 is 2.29 bits per heavy atom. The molecule has 0 aliphatic rings. The topological polar surface area (TPSA) is 17.0 Å². The highest BCUT2D eigenvalue weighted by molar-refractivity contribution is 5.27. The molecule has 2 heteroatoms. The molecule has 0 spiro atoms. The van der Waals surface area contributed by atoms with Crippen LogP contribution in [0.25, 0.3) is 0 Å². The first-order valence-electron chi connectivity index (χ1n) is 7.89. The third kappa shape index (κ3) is 4.21. The predicted octanol–water partition coefficient (Wildman–Crippen LogP) is 4.36. The average Bonchev–Trinajstić information content (AvgIpc) is 2.68. The van der Waals surface area contributed by atoms with Gasteiger partial charge in [-0.05, 0) is 43.9 Å². The van der Waals surface area contributed by atoms with Crippen molar-refractivity contribution in [2.45, 2.75) is 54.3 Å². The second-order valence-electron chi connectivity index (χ2n) is 6.49. The van der Waals surface area contributed by atoms with E-state index in [0.29, 0.717) is 5.92 Å². The molecule has 1 aromatic heterocycles. The molecule has 2 aromatic rings. The first kappa shape index (κ1) is 15.8. The quantitative estimate of drug-likeness (QED) is 0.834. The van der Waals surface area contributed by atoms with Gasteiger partial charge in [-0.1, -0.05) is 43.7 Å². The van der Waals surface area contributed by atoms with Crippen molar-refractivity contribution in [3.05, 3.63) is 58.4 Å². The molecule has 0 unspecified atom stereocenters. The normalized spacial score (nSPS) is 11.3. The summed E-state index contributed by atoms with van der Waals surface area (Å²) in [5.74, 6) is 0.683. The number of aromatic nitrogens is 1. The maximum absolute atomic E-state index is 3.56. The summed E-state index contributed by atoms with van der Waals surface area (Å²) >= 11 is 0. The average molecular weight is 284 g/mol. The number of hydrogen-bond donors (Lipinski definition) is 1. The van der Waals surface area contributed by atoms with Gasteiger partial charge in [0, 0.05) is 31.0 Å². The minimum absolute atomic E-state index is 0.683. The van der Waals surface area contributed by atoms with Gasteiger partial charge in [0.25, 0.3) is 0 Å². The van der Waals surface area contributed by atoms with E-state index in [1.54, 1.807) is 0 Å². The van der Waals surface area contributed by atoms with E-state index >= 15 is 0 Å². The molecule has 0 saturated heterocycles. The summed E-state index contributed by atoms with van der Waals surface area (Å²) < 4.78 is 2.44. The van der Waals surface area contributed by atoms with Gasteiger partial charge in [0.1, 0.15) is 0 Å². The lowest BCUT2D eigenvalue weighted by atomic mass is 10.1. The number of nitrogens with zero attached hydrogens (tertiary/aromatic N) is 1. The lowest BCUT2D eigenvalue weighted by Gasteiger charge is -2.12. The van der Waals surface area contributed by atoms with E-state index in [1.807, 2.05) is 0 Å². The van der Waals surface area contributed by atoms with Crippen LogP contribution >= 0.6 is 0 Å². The van der Waals surface area contributed by atoms with Crippen molar-refractivity contribution >= 4 is 0 Å². The summed E-state index contributed by atoms with van der Waals surface area (Å²) in [6.45, 7) is 14.1. The van der Waals surface area contributed by atoms with E-state index in [2.05, 4.69) is 74.8 Å². The highest BCUT2D eigenvalue weighted by Gasteiger charge is 2.09. The standard InChI is InChI=1S/C19H28N2/c1-14(2)13-21-16(4)10-19(17(21)5)12-20-11-18-8-6-15(3)7-9-18/h6-10,14,20H,11-13H2,1-5H3. The predicted molar refractivity (Wildman–Crippen MR) is 90.5 cm³/mol. The first-order chi connectivity index (χ1) is 9.97. The Hall–Kier alpha value is -1.54. The zero-order chi connectivity index (χ0) is 15.4. The van der Waals surface area contributed by atoms with Gasteiger partial charge in [-0.3, -0.25) is 0 Å². The van der Waals surface area contributed by atoms with E-state index < -0.39 is 0 Å². The van der Waals surface area contributed by atoms with Crippen LogP contribution in [0, 0.1) is 26.7 Å². The summed E-state index contributed by atoms with van der Waals surface area (Å²) in [6.07, 6.45) is 0. The molecular formula is C19H28N2. The third-order valence-electron chi connectivity index (χ3n) is 3.99. The molecule has 1 N–H and O–H groups in total. The molecule has 0 amide bonds. The van der Waals surface area contributed by atoms with E-state index in [0.717, 1.165) is 19.6 Å². The summed E-state index contributed by atoms with van der Waals surface area (Å²) in [7, 11) is 0. The molecule has 0 atom stereocenters. The maximum Gasteiger partial charge on any atom is 0.0247 e. The van der Waals surface area contributed by atoms with Gasteiger partial charge in [-0.25, -0.2) is 0 Å². The Labute approximate surface area is 129 Å². The van der Waals surface area contributed by atoms with Crippen molar-refractivity contribution in [2.24, 2.45) is 5.92 Å². The molecule has 1 aromatic carbocycles. The summed E-state index contributed by atoms with van der Waals surface area (Å²) in [5, 5.41) is 3.56. The summed E-state index contributed by atoms with van der Waals surface area (Å²) in [5.41, 5.74) is 6.85. The van der Waals surface area contributed by atoms with Gasteiger partial charge in [-0.15, -0.1) is 0 Å². The van der Waals surface area contributed by atoms with Gasteiger partial charge in [0.2, 0.25) is 0 Å². The van der Waals surface area contributed by atoms with Crippen LogP contribution in [0.5, 0.6) is 0 Å². The molecule has 1 heterocycles. The molecular weight excluding hydrogens is 256 g/mol. The molecule has 2 rings (SSSR count). The molecule has 0 fully saturated rings. The van der Waals surface area contributed by atoms with Crippen LogP contribution in [0.3, 0.4) is 0 Å². The number of rotatable bonds is 6. The Bertz CT molecular complexity index is 576. The number of aryl methyl sites for hydroxylation is 2. The van der Waals surface area contributed by atoms with Gasteiger partial charge in [-0.2, -0.15) is 0 Å². The summed E-state index contributed by atoms with van der Waals surface area (Å²) in [4.78, 5) is 0. The fourth-order valence-electron chi connectivity index (χ4n) is 2.74. The lowest BCUT2D eigenvalue weighted by molar-refractivity contribution is 0.507. The maximum atomic E-state index is 3.56. The number of nitrogens with one attached hydrogen (secondary N) is 1. The van der Waals surface area contributed by atoms with Crippen LogP contribution in [0.1, 0.15) is 41.9 Å². The SMILES string of the molecule is Cc1ccc(CNCc2cc(C)n(CC(C)C)c2C)cc1. The van der Waals surface area contributed by atoms with Crippen LogP contribution in [-0.4, -0.2) is 4.57 Å². The molecule has 0 aliphatic heterocycles. The second-order valence-corrected chi connectivity index (χ2v) is 6.49. The van der Waals surface area contributed by atoms with Crippen LogP contribution in [0.15, 0.2) is 30.3 Å². The highest BCUT2D eigenvalue weighted by atomic mass is 15.0. The molecule has 114 valence electrons. The van der Waals surface area contributed by atoms with Crippen molar-refractivity contribution in [1.82, 2.24) is 9.88 Å². The smallest absolute Gasteiger partial charge is 0.0247 e. The Morgan fingerprint density at radius 1 is 1.00 bits per heavy atom. The van der Waals surface area contributed by atoms with Crippen LogP contribution in [-0.2, 0) is 19.6 Å². The zero-order valence-electron chi connectivity index (χ0n) is 14.0. The fourth-order valence-corrected chi connectivity index (χ4v) is 2.74. The van der Waals surface area contributed by atoms with E-state index in [-0.39, 0.29) is 0 Å². The van der Waals surface area contributed by atoms with Crippen molar-refractivity contribution < 1.29 is 0 Å². The minimum Gasteiger partial charge on any atom is -0.349 e. The Kier molecular flexibility index (Phi) is 5.24. The fraction of sp³-hybridized carbons (Fsp3) is 0.474. The highest BCUT2D eigenvalue weighted by Crippen LogP contribution is 2.17. The molecule has 21 heavy (non-hydrogen) atoms. The first-order valence-corrected chi connectivity index (χ1v) is 7.89. The van der Waals surface area contributed by atoms with Gasteiger partial charge in [0.05, 0.1) is 0 Å². The van der Waals surface area contributed by atoms with Gasteiger partial charge in [0.15, 0.2) is 0 Å². The largest absolute Gasteiger partial charge is 0.349 e. The van der Waals surface area contributed by atoms with Crippen LogP contribution in [0.4, 0.5) is 0 Å². The zero-order valence-corrected chi connectivity index (χ0v) is 14.0. The number of hydrogen-bond acceptors (Lipinski definition) is 1. The van der Waals surface area contributed by atoms with Crippen molar-refractivity contribution in [3.8, 4) is 0 Å². The minimum atomic E-state index is 0.683. The molecule has 0 bridgehead atoms. The third-order valence-corrected chi connectivity index (χ3v) is 3.99. The Morgan fingerprint density at radius 2 is 1.67 bits per heavy atom. The lowest BCUT2D eigenvalue weighted by Crippen LogP contribution is -2.14. The Balaban J connectivity index is 1.95.